The van der Waals surface area contributed by atoms with Gasteiger partial charge in [-0.1, -0.05) is 68.9 Å². The first-order valence-corrected chi connectivity index (χ1v) is 11.8. The Morgan fingerprint density at radius 3 is 2.03 bits per heavy atom. The van der Waals surface area contributed by atoms with E-state index in [0.29, 0.717) is 11.3 Å². The molecular formula is C25H35N3O2. The van der Waals surface area contributed by atoms with E-state index in [1.807, 2.05) is 31.2 Å². The molecule has 1 saturated carbocycles. The Kier molecular flexibility index (Phi) is 6.57. The molecule has 0 aromatic heterocycles. The number of carbonyl (C=O) groups is 2. The summed E-state index contributed by atoms with van der Waals surface area (Å²) in [4.78, 5) is 33.6. The number of piperazine rings is 1. The first-order chi connectivity index (χ1) is 14.6. The van der Waals surface area contributed by atoms with Gasteiger partial charge in [0.15, 0.2) is 0 Å². The SMILES string of the molecule is CCN1CCN(C2=C(c3ccc(C)cc3)C(=O)N(C3CCCCCCC3)C2=O)CC1. The lowest BCUT2D eigenvalue weighted by atomic mass is 9.95. The van der Waals surface area contributed by atoms with E-state index in [-0.39, 0.29) is 17.9 Å². The number of rotatable bonds is 4. The molecule has 0 atom stereocenters. The molecule has 2 amide bonds. The summed E-state index contributed by atoms with van der Waals surface area (Å²) in [5.74, 6) is -0.145. The van der Waals surface area contributed by atoms with Crippen LogP contribution in [0.25, 0.3) is 5.57 Å². The molecule has 1 aliphatic carbocycles. The molecule has 2 aliphatic heterocycles. The molecule has 3 aliphatic rings. The van der Waals surface area contributed by atoms with Crippen LogP contribution in [0.1, 0.15) is 63.0 Å². The summed E-state index contributed by atoms with van der Waals surface area (Å²) in [6, 6.07) is 8.11. The fourth-order valence-corrected chi connectivity index (χ4v) is 5.12. The largest absolute Gasteiger partial charge is 0.364 e. The zero-order valence-electron chi connectivity index (χ0n) is 18.5. The van der Waals surface area contributed by atoms with Crippen molar-refractivity contribution in [3.05, 3.63) is 41.1 Å². The fourth-order valence-electron chi connectivity index (χ4n) is 5.12. The standard InChI is InChI=1S/C25H35N3O2/c1-3-26-15-17-27(18-16-26)23-22(20-13-11-19(2)12-14-20)24(29)28(25(23)30)21-9-7-5-4-6-8-10-21/h11-14,21H,3-10,15-18H2,1-2H3. The van der Waals surface area contributed by atoms with Crippen molar-refractivity contribution in [3.63, 3.8) is 0 Å². The van der Waals surface area contributed by atoms with E-state index in [4.69, 9.17) is 0 Å². The van der Waals surface area contributed by atoms with Gasteiger partial charge >= 0.3 is 0 Å². The van der Waals surface area contributed by atoms with Crippen molar-refractivity contribution in [3.8, 4) is 0 Å². The van der Waals surface area contributed by atoms with E-state index < -0.39 is 0 Å². The molecule has 4 rings (SSSR count). The van der Waals surface area contributed by atoms with Crippen LogP contribution in [0, 0.1) is 6.92 Å². The molecule has 0 radical (unpaired) electrons. The maximum Gasteiger partial charge on any atom is 0.278 e. The summed E-state index contributed by atoms with van der Waals surface area (Å²) in [7, 11) is 0. The lowest BCUT2D eigenvalue weighted by molar-refractivity contribution is -0.140. The quantitative estimate of drug-likeness (QED) is 0.709. The molecule has 162 valence electrons. The van der Waals surface area contributed by atoms with Gasteiger partial charge in [-0.3, -0.25) is 14.5 Å². The van der Waals surface area contributed by atoms with Crippen LogP contribution in [0.5, 0.6) is 0 Å². The van der Waals surface area contributed by atoms with Crippen LogP contribution in [0.4, 0.5) is 0 Å². The minimum absolute atomic E-state index is 0.0418. The number of nitrogens with zero attached hydrogens (tertiary/aromatic N) is 3. The number of amides is 2. The molecule has 1 aromatic carbocycles. The number of hydrogen-bond donors (Lipinski definition) is 0. The van der Waals surface area contributed by atoms with Crippen molar-refractivity contribution in [1.82, 2.24) is 14.7 Å². The second-order valence-electron chi connectivity index (χ2n) is 8.99. The maximum absolute atomic E-state index is 13.7. The lowest BCUT2D eigenvalue weighted by Gasteiger charge is -2.36. The zero-order chi connectivity index (χ0) is 21.1. The number of carbonyl (C=O) groups excluding carboxylic acids is 2. The monoisotopic (exact) mass is 409 g/mol. The average molecular weight is 410 g/mol. The first kappa shape index (κ1) is 21.1. The Balaban J connectivity index is 1.68. The summed E-state index contributed by atoms with van der Waals surface area (Å²) in [6.07, 6.45) is 7.77. The highest BCUT2D eigenvalue weighted by Gasteiger charge is 2.44. The van der Waals surface area contributed by atoms with E-state index in [0.717, 1.165) is 69.5 Å². The van der Waals surface area contributed by atoms with Gasteiger partial charge in [0.05, 0.1) is 5.57 Å². The normalized spacial score (nSPS) is 22.6. The summed E-state index contributed by atoms with van der Waals surface area (Å²) < 4.78 is 0. The van der Waals surface area contributed by atoms with Crippen LogP contribution in [0.2, 0.25) is 0 Å². The zero-order valence-corrected chi connectivity index (χ0v) is 18.5. The van der Waals surface area contributed by atoms with Gasteiger partial charge in [0, 0.05) is 32.2 Å². The summed E-state index contributed by atoms with van der Waals surface area (Å²) in [5, 5.41) is 0. The molecular weight excluding hydrogens is 374 g/mol. The molecule has 0 unspecified atom stereocenters. The predicted octanol–water partition coefficient (Wildman–Crippen LogP) is 3.83. The summed E-state index contributed by atoms with van der Waals surface area (Å²) >= 11 is 0. The minimum atomic E-state index is -0.0812. The van der Waals surface area contributed by atoms with E-state index >= 15 is 0 Å². The van der Waals surface area contributed by atoms with Crippen LogP contribution in [-0.2, 0) is 9.59 Å². The second kappa shape index (κ2) is 9.34. The highest BCUT2D eigenvalue weighted by molar-refractivity contribution is 6.35. The molecule has 5 nitrogen and oxygen atoms in total. The van der Waals surface area contributed by atoms with Crippen LogP contribution in [0.3, 0.4) is 0 Å². The minimum Gasteiger partial charge on any atom is -0.364 e. The molecule has 2 fully saturated rings. The molecule has 0 N–H and O–H groups in total. The van der Waals surface area contributed by atoms with Gasteiger partial charge in [0.25, 0.3) is 11.8 Å². The molecule has 1 saturated heterocycles. The molecule has 0 bridgehead atoms. The van der Waals surface area contributed by atoms with Crippen molar-refractivity contribution in [2.45, 2.75) is 64.8 Å². The van der Waals surface area contributed by atoms with E-state index in [1.165, 1.54) is 19.3 Å². The predicted molar refractivity (Wildman–Crippen MR) is 120 cm³/mol. The highest BCUT2D eigenvalue weighted by Crippen LogP contribution is 2.36. The second-order valence-corrected chi connectivity index (χ2v) is 8.99. The van der Waals surface area contributed by atoms with Gasteiger partial charge < -0.3 is 9.80 Å². The summed E-state index contributed by atoms with van der Waals surface area (Å²) in [5.41, 5.74) is 3.29. The van der Waals surface area contributed by atoms with Crippen molar-refractivity contribution in [1.29, 1.82) is 0 Å². The van der Waals surface area contributed by atoms with Crippen LogP contribution in [-0.4, -0.2) is 65.3 Å². The van der Waals surface area contributed by atoms with E-state index in [2.05, 4.69) is 16.7 Å². The van der Waals surface area contributed by atoms with E-state index in [9.17, 15) is 9.59 Å². The van der Waals surface area contributed by atoms with Gasteiger partial charge in [-0.15, -0.1) is 0 Å². The molecule has 30 heavy (non-hydrogen) atoms. The van der Waals surface area contributed by atoms with Crippen LogP contribution < -0.4 is 0 Å². The summed E-state index contributed by atoms with van der Waals surface area (Å²) in [6.45, 7) is 8.72. The maximum atomic E-state index is 13.7. The van der Waals surface area contributed by atoms with Crippen molar-refractivity contribution in [2.75, 3.05) is 32.7 Å². The average Bonchev–Trinajstić information content (AvgIpc) is 2.99. The third kappa shape index (κ3) is 4.18. The van der Waals surface area contributed by atoms with Crippen molar-refractivity contribution < 1.29 is 9.59 Å². The Morgan fingerprint density at radius 1 is 0.833 bits per heavy atom. The lowest BCUT2D eigenvalue weighted by Crippen LogP contribution is -2.48. The Morgan fingerprint density at radius 2 is 1.43 bits per heavy atom. The number of benzene rings is 1. The molecule has 1 aromatic rings. The number of imide groups is 1. The number of likely N-dealkylation sites (N-methyl/N-ethyl adjacent to an activating group) is 1. The third-order valence-corrected chi connectivity index (χ3v) is 7.01. The van der Waals surface area contributed by atoms with Gasteiger partial charge in [-0.05, 0) is 31.9 Å². The smallest absolute Gasteiger partial charge is 0.278 e. The van der Waals surface area contributed by atoms with Gasteiger partial charge in [-0.2, -0.15) is 0 Å². The molecule has 0 spiro atoms. The van der Waals surface area contributed by atoms with Gasteiger partial charge in [-0.25, -0.2) is 0 Å². The topological polar surface area (TPSA) is 43.9 Å². The van der Waals surface area contributed by atoms with Crippen LogP contribution in [0.15, 0.2) is 30.0 Å². The van der Waals surface area contributed by atoms with Crippen molar-refractivity contribution >= 4 is 17.4 Å². The fraction of sp³-hybridized carbons (Fsp3) is 0.600. The Labute approximate surface area is 180 Å². The van der Waals surface area contributed by atoms with Crippen LogP contribution >= 0.6 is 0 Å². The van der Waals surface area contributed by atoms with Gasteiger partial charge in [0.2, 0.25) is 0 Å². The number of hydrogen-bond acceptors (Lipinski definition) is 4. The number of aryl methyl sites for hydroxylation is 1. The highest BCUT2D eigenvalue weighted by atomic mass is 16.2. The molecule has 5 heteroatoms. The van der Waals surface area contributed by atoms with Crippen molar-refractivity contribution in [2.24, 2.45) is 0 Å². The Bertz CT molecular complexity index is 798. The third-order valence-electron chi connectivity index (χ3n) is 7.01. The first-order valence-electron chi connectivity index (χ1n) is 11.8. The van der Waals surface area contributed by atoms with Gasteiger partial charge in [0.1, 0.15) is 5.70 Å². The van der Waals surface area contributed by atoms with E-state index in [1.54, 1.807) is 4.90 Å². The Hall–Kier alpha value is -2.14. The molecule has 2 heterocycles.